The molecule has 1 fully saturated rings. The smallest absolute Gasteiger partial charge is 0.230 e. The molecular formula is C18H23N5O2S. The molecule has 26 heavy (non-hydrogen) atoms. The van der Waals surface area contributed by atoms with Crippen molar-refractivity contribution in [3.8, 4) is 11.6 Å². The number of benzene rings is 1. The Balaban J connectivity index is 1.80. The monoisotopic (exact) mass is 373 g/mol. The highest BCUT2D eigenvalue weighted by atomic mass is 32.1. The van der Waals surface area contributed by atoms with Gasteiger partial charge in [0.25, 0.3) is 0 Å². The molecule has 3 heterocycles. The molecule has 1 aromatic carbocycles. The highest BCUT2D eigenvalue weighted by Gasteiger charge is 2.31. The fourth-order valence-electron chi connectivity index (χ4n) is 3.45. The molecule has 1 atom stereocenters. The van der Waals surface area contributed by atoms with Crippen LogP contribution >= 0.6 is 11.3 Å². The maximum Gasteiger partial charge on any atom is 0.230 e. The molecular weight excluding hydrogens is 350 g/mol. The fourth-order valence-corrected chi connectivity index (χ4v) is 4.61. The number of thiazole rings is 1. The highest BCUT2D eigenvalue weighted by molar-refractivity contribution is 7.17. The van der Waals surface area contributed by atoms with Crippen molar-refractivity contribution in [3.63, 3.8) is 0 Å². The van der Waals surface area contributed by atoms with Crippen molar-refractivity contribution < 1.29 is 9.84 Å². The van der Waals surface area contributed by atoms with E-state index in [1.807, 2.05) is 25.1 Å². The summed E-state index contributed by atoms with van der Waals surface area (Å²) in [5, 5.41) is 15.2. The Kier molecular flexibility index (Phi) is 4.56. The summed E-state index contributed by atoms with van der Waals surface area (Å²) in [6.45, 7) is 5.70. The Morgan fingerprint density at radius 2 is 2.00 bits per heavy atom. The molecule has 0 radical (unpaired) electrons. The lowest BCUT2D eigenvalue weighted by Crippen LogP contribution is -2.46. The fraction of sp³-hybridized carbons (Fsp3) is 0.444. The molecule has 0 spiro atoms. The maximum atomic E-state index is 10.8. The van der Waals surface area contributed by atoms with Crippen LogP contribution in [0.2, 0.25) is 0 Å². The molecule has 0 bridgehead atoms. The molecule has 3 aromatic rings. The predicted octanol–water partition coefficient (Wildman–Crippen LogP) is 2.15. The van der Waals surface area contributed by atoms with E-state index < -0.39 is 0 Å². The standard InChI is InChI=1S/C18H23N5O2S/c1-12-19-18-23(20-12)17(24)16(26-18)15(22-9-7-21(2)8-10-22)13-5-4-6-14(11-13)25-3/h4-6,11,15,24H,7-10H2,1-3H3. The molecule has 1 aliphatic rings. The SMILES string of the molecule is COc1cccc(C(c2sc3nc(C)nn3c2O)N2CCN(C)CC2)c1. The second kappa shape index (κ2) is 6.86. The number of nitrogens with zero attached hydrogens (tertiary/aromatic N) is 5. The van der Waals surface area contributed by atoms with Gasteiger partial charge in [0.1, 0.15) is 11.6 Å². The molecule has 1 aliphatic heterocycles. The van der Waals surface area contributed by atoms with Gasteiger partial charge in [-0.1, -0.05) is 23.5 Å². The van der Waals surface area contributed by atoms with Crippen LogP contribution in [0.15, 0.2) is 24.3 Å². The molecule has 1 saturated heterocycles. The van der Waals surface area contributed by atoms with E-state index in [1.54, 1.807) is 11.6 Å². The van der Waals surface area contributed by atoms with Crippen molar-refractivity contribution >= 4 is 16.3 Å². The zero-order chi connectivity index (χ0) is 18.3. The van der Waals surface area contributed by atoms with Gasteiger partial charge >= 0.3 is 0 Å². The highest BCUT2D eigenvalue weighted by Crippen LogP contribution is 2.40. The summed E-state index contributed by atoms with van der Waals surface area (Å²) in [5.74, 6) is 1.66. The average molecular weight is 373 g/mol. The number of aromatic nitrogens is 3. The van der Waals surface area contributed by atoms with Crippen LogP contribution in [0.5, 0.6) is 11.6 Å². The zero-order valence-electron chi connectivity index (χ0n) is 15.2. The van der Waals surface area contributed by atoms with Gasteiger partial charge in [-0.3, -0.25) is 4.90 Å². The first-order valence-electron chi connectivity index (χ1n) is 8.68. The summed E-state index contributed by atoms with van der Waals surface area (Å²) in [6, 6.07) is 8.02. The Hall–Kier alpha value is -2.16. The third-order valence-corrected chi connectivity index (χ3v) is 5.94. The summed E-state index contributed by atoms with van der Waals surface area (Å²) in [6.07, 6.45) is 0. The van der Waals surface area contributed by atoms with E-state index in [1.165, 1.54) is 11.3 Å². The summed E-state index contributed by atoms with van der Waals surface area (Å²) in [5.41, 5.74) is 1.10. The number of hydrogen-bond acceptors (Lipinski definition) is 7. The lowest BCUT2D eigenvalue weighted by molar-refractivity contribution is 0.127. The third kappa shape index (κ3) is 3.04. The number of piperazine rings is 1. The Bertz CT molecular complexity index is 914. The Morgan fingerprint density at radius 3 is 2.69 bits per heavy atom. The number of fused-ring (bicyclic) bond motifs is 1. The molecule has 1 N–H and O–H groups in total. The van der Waals surface area contributed by atoms with Crippen LogP contribution in [-0.2, 0) is 0 Å². The molecule has 7 nitrogen and oxygen atoms in total. The van der Waals surface area contributed by atoms with Gasteiger partial charge in [0.15, 0.2) is 0 Å². The van der Waals surface area contributed by atoms with Crippen LogP contribution in [0.3, 0.4) is 0 Å². The Labute approximate surface area is 156 Å². The molecule has 0 amide bonds. The number of likely N-dealkylation sites (N-methyl/N-ethyl adjacent to an activating group) is 1. The van der Waals surface area contributed by atoms with Crippen LogP contribution < -0.4 is 4.74 Å². The normalized spacial score (nSPS) is 17.7. The lowest BCUT2D eigenvalue weighted by atomic mass is 10.0. The van der Waals surface area contributed by atoms with E-state index in [0.29, 0.717) is 5.82 Å². The number of aryl methyl sites for hydroxylation is 1. The second-order valence-corrected chi connectivity index (χ2v) is 7.67. The predicted molar refractivity (Wildman–Crippen MR) is 101 cm³/mol. The van der Waals surface area contributed by atoms with Gasteiger partial charge in [-0.05, 0) is 31.7 Å². The van der Waals surface area contributed by atoms with Crippen LogP contribution in [0.4, 0.5) is 0 Å². The van der Waals surface area contributed by atoms with Gasteiger partial charge < -0.3 is 14.7 Å². The molecule has 8 heteroatoms. The summed E-state index contributed by atoms with van der Waals surface area (Å²) in [4.78, 5) is 10.7. The van der Waals surface area contributed by atoms with Crippen molar-refractivity contribution in [2.75, 3.05) is 40.3 Å². The van der Waals surface area contributed by atoms with E-state index in [0.717, 1.165) is 47.3 Å². The number of aromatic hydroxyl groups is 1. The number of rotatable bonds is 4. The van der Waals surface area contributed by atoms with Crippen LogP contribution in [-0.4, -0.2) is 69.8 Å². The van der Waals surface area contributed by atoms with Crippen molar-refractivity contribution in [1.29, 1.82) is 0 Å². The average Bonchev–Trinajstić information content (AvgIpc) is 3.15. The van der Waals surface area contributed by atoms with Gasteiger partial charge in [-0.15, -0.1) is 5.10 Å². The van der Waals surface area contributed by atoms with Gasteiger partial charge in [0.05, 0.1) is 18.0 Å². The van der Waals surface area contributed by atoms with E-state index >= 15 is 0 Å². The van der Waals surface area contributed by atoms with Crippen molar-refractivity contribution in [1.82, 2.24) is 24.4 Å². The van der Waals surface area contributed by atoms with Crippen molar-refractivity contribution in [2.45, 2.75) is 13.0 Å². The quantitative estimate of drug-likeness (QED) is 0.756. The van der Waals surface area contributed by atoms with Crippen molar-refractivity contribution in [3.05, 3.63) is 40.5 Å². The molecule has 0 saturated carbocycles. The number of ether oxygens (including phenoxy) is 1. The summed E-state index contributed by atoms with van der Waals surface area (Å²) in [7, 11) is 3.81. The zero-order valence-corrected chi connectivity index (χ0v) is 16.0. The van der Waals surface area contributed by atoms with Crippen LogP contribution in [0.1, 0.15) is 22.3 Å². The van der Waals surface area contributed by atoms with Crippen molar-refractivity contribution in [2.24, 2.45) is 0 Å². The minimum Gasteiger partial charge on any atom is -0.497 e. The lowest BCUT2D eigenvalue weighted by Gasteiger charge is -2.37. The first-order chi connectivity index (χ1) is 12.6. The minimum absolute atomic E-state index is 0.0485. The summed E-state index contributed by atoms with van der Waals surface area (Å²) >= 11 is 1.50. The van der Waals surface area contributed by atoms with E-state index in [2.05, 4.69) is 33.0 Å². The first kappa shape index (κ1) is 17.3. The third-order valence-electron chi connectivity index (χ3n) is 4.87. The van der Waals surface area contributed by atoms with E-state index in [4.69, 9.17) is 4.74 Å². The maximum absolute atomic E-state index is 10.8. The molecule has 1 unspecified atom stereocenters. The van der Waals surface area contributed by atoms with Gasteiger partial charge in [0, 0.05) is 26.2 Å². The summed E-state index contributed by atoms with van der Waals surface area (Å²) < 4.78 is 6.96. The topological polar surface area (TPSA) is 66.1 Å². The molecule has 0 aliphatic carbocycles. The largest absolute Gasteiger partial charge is 0.497 e. The van der Waals surface area contributed by atoms with E-state index in [-0.39, 0.29) is 11.9 Å². The molecule has 138 valence electrons. The Morgan fingerprint density at radius 1 is 1.23 bits per heavy atom. The van der Waals surface area contributed by atoms with Gasteiger partial charge in [-0.2, -0.15) is 4.52 Å². The van der Waals surface area contributed by atoms with E-state index in [9.17, 15) is 5.11 Å². The number of methoxy groups -OCH3 is 1. The molecule has 4 rings (SSSR count). The second-order valence-electron chi connectivity index (χ2n) is 6.66. The first-order valence-corrected chi connectivity index (χ1v) is 9.50. The minimum atomic E-state index is -0.0485. The van der Waals surface area contributed by atoms with Gasteiger partial charge in [0.2, 0.25) is 10.8 Å². The molecule has 2 aromatic heterocycles. The van der Waals surface area contributed by atoms with Crippen LogP contribution in [0.25, 0.3) is 4.96 Å². The van der Waals surface area contributed by atoms with Crippen LogP contribution in [0, 0.1) is 6.92 Å². The van der Waals surface area contributed by atoms with Gasteiger partial charge in [-0.25, -0.2) is 4.98 Å². The number of hydrogen-bond donors (Lipinski definition) is 1.